The average molecular weight is 289 g/mol. The molecule has 5 nitrogen and oxygen atoms in total. The van der Waals surface area contributed by atoms with Gasteiger partial charge in [0.1, 0.15) is 6.04 Å². The first-order chi connectivity index (χ1) is 9.72. The Labute approximate surface area is 122 Å². The zero-order valence-electron chi connectivity index (χ0n) is 11.9. The van der Waals surface area contributed by atoms with Crippen molar-refractivity contribution in [2.75, 3.05) is 26.2 Å². The molecule has 1 aliphatic rings. The largest absolute Gasteiger partial charge is 0.315 e. The smallest absolute Gasteiger partial charge is 0.194 e. The summed E-state index contributed by atoms with van der Waals surface area (Å²) < 4.78 is 2.15. The first-order valence-electron chi connectivity index (χ1n) is 7.00. The maximum Gasteiger partial charge on any atom is 0.194 e. The SMILES string of the molecule is Cc1nc2scc(C)n2c1C(C#N)N1CCCNCC1. The van der Waals surface area contributed by atoms with Gasteiger partial charge in [-0.2, -0.15) is 5.26 Å². The highest BCUT2D eigenvalue weighted by molar-refractivity contribution is 7.15. The number of thiazole rings is 1. The molecule has 20 heavy (non-hydrogen) atoms. The predicted octanol–water partition coefficient (Wildman–Crippen LogP) is 1.87. The Kier molecular flexibility index (Phi) is 3.74. The third kappa shape index (κ3) is 2.22. The van der Waals surface area contributed by atoms with Crippen LogP contribution < -0.4 is 5.32 Å². The molecule has 2 aromatic rings. The number of rotatable bonds is 2. The number of aromatic nitrogens is 2. The van der Waals surface area contributed by atoms with E-state index >= 15 is 0 Å². The Morgan fingerprint density at radius 2 is 2.25 bits per heavy atom. The van der Waals surface area contributed by atoms with Gasteiger partial charge < -0.3 is 5.32 Å². The van der Waals surface area contributed by atoms with Gasteiger partial charge in [-0.25, -0.2) is 4.98 Å². The minimum atomic E-state index is -0.210. The van der Waals surface area contributed by atoms with Gasteiger partial charge in [0, 0.05) is 30.7 Å². The van der Waals surface area contributed by atoms with E-state index in [4.69, 9.17) is 0 Å². The van der Waals surface area contributed by atoms with Crippen molar-refractivity contribution in [3.63, 3.8) is 0 Å². The molecule has 3 rings (SSSR count). The summed E-state index contributed by atoms with van der Waals surface area (Å²) in [6.45, 7) is 7.94. The quantitative estimate of drug-likeness (QED) is 0.917. The molecule has 1 saturated heterocycles. The van der Waals surface area contributed by atoms with Crippen LogP contribution in [0.1, 0.15) is 29.5 Å². The molecule has 0 aliphatic carbocycles. The Balaban J connectivity index is 2.04. The number of nitrogens with zero attached hydrogens (tertiary/aromatic N) is 4. The number of fused-ring (bicyclic) bond motifs is 1. The molecule has 2 aromatic heterocycles. The maximum atomic E-state index is 9.70. The van der Waals surface area contributed by atoms with Crippen molar-refractivity contribution in [3.05, 3.63) is 22.5 Å². The molecule has 106 valence electrons. The number of aryl methyl sites for hydroxylation is 2. The lowest BCUT2D eigenvalue weighted by atomic mass is 10.1. The van der Waals surface area contributed by atoms with Crippen LogP contribution in [0, 0.1) is 25.2 Å². The summed E-state index contributed by atoms with van der Waals surface area (Å²) in [5, 5.41) is 15.2. The first kappa shape index (κ1) is 13.6. The number of hydrogen-bond acceptors (Lipinski definition) is 5. The second-order valence-corrected chi connectivity index (χ2v) is 6.09. The standard InChI is InChI=1S/C14H19N5S/c1-10-9-20-14-17-11(2)13(19(10)14)12(8-15)18-6-3-4-16-5-7-18/h9,12,16H,3-7H2,1-2H3. The molecule has 1 unspecified atom stereocenters. The van der Waals surface area contributed by atoms with Gasteiger partial charge in [0.15, 0.2) is 4.96 Å². The molecule has 0 bridgehead atoms. The van der Waals surface area contributed by atoms with E-state index in [-0.39, 0.29) is 6.04 Å². The van der Waals surface area contributed by atoms with Crippen LogP contribution in [0.3, 0.4) is 0 Å². The summed E-state index contributed by atoms with van der Waals surface area (Å²) in [5.74, 6) is 0. The molecule has 0 spiro atoms. The third-order valence-corrected chi connectivity index (χ3v) is 4.82. The van der Waals surface area contributed by atoms with Crippen molar-refractivity contribution < 1.29 is 0 Å². The molecule has 0 aromatic carbocycles. The van der Waals surface area contributed by atoms with Crippen molar-refractivity contribution in [2.24, 2.45) is 0 Å². The van der Waals surface area contributed by atoms with Crippen molar-refractivity contribution in [2.45, 2.75) is 26.3 Å². The van der Waals surface area contributed by atoms with Crippen LogP contribution in [0.5, 0.6) is 0 Å². The minimum Gasteiger partial charge on any atom is -0.315 e. The van der Waals surface area contributed by atoms with Gasteiger partial charge in [-0.3, -0.25) is 9.30 Å². The summed E-state index contributed by atoms with van der Waals surface area (Å²) in [5.41, 5.74) is 3.18. The highest BCUT2D eigenvalue weighted by Crippen LogP contribution is 2.28. The zero-order chi connectivity index (χ0) is 14.1. The van der Waals surface area contributed by atoms with Gasteiger partial charge in [0.05, 0.1) is 17.5 Å². The Morgan fingerprint density at radius 3 is 3.05 bits per heavy atom. The van der Waals surface area contributed by atoms with E-state index in [2.05, 4.69) is 38.0 Å². The van der Waals surface area contributed by atoms with Crippen molar-refractivity contribution in [3.8, 4) is 6.07 Å². The van der Waals surface area contributed by atoms with Gasteiger partial charge in [0.2, 0.25) is 0 Å². The molecule has 0 amide bonds. The molecule has 1 aliphatic heterocycles. The summed E-state index contributed by atoms with van der Waals surface area (Å²) in [4.78, 5) is 7.87. The molecule has 1 fully saturated rings. The zero-order valence-corrected chi connectivity index (χ0v) is 12.7. The molecule has 6 heteroatoms. The van der Waals surface area contributed by atoms with Crippen molar-refractivity contribution >= 4 is 16.3 Å². The van der Waals surface area contributed by atoms with Crippen molar-refractivity contribution in [1.29, 1.82) is 5.26 Å². The molecular weight excluding hydrogens is 270 g/mol. The summed E-state index contributed by atoms with van der Waals surface area (Å²) >= 11 is 1.64. The van der Waals surface area contributed by atoms with Crippen LogP contribution in [-0.4, -0.2) is 40.5 Å². The number of nitriles is 1. The summed E-state index contributed by atoms with van der Waals surface area (Å²) in [7, 11) is 0. The molecule has 0 radical (unpaired) electrons. The topological polar surface area (TPSA) is 56.4 Å². The van der Waals surface area contributed by atoms with E-state index in [9.17, 15) is 5.26 Å². The number of hydrogen-bond donors (Lipinski definition) is 1. The van der Waals surface area contributed by atoms with Crippen LogP contribution in [-0.2, 0) is 0 Å². The fourth-order valence-corrected chi connectivity index (χ4v) is 3.81. The van der Waals surface area contributed by atoms with E-state index in [0.717, 1.165) is 54.6 Å². The van der Waals surface area contributed by atoms with Gasteiger partial charge in [-0.15, -0.1) is 11.3 Å². The highest BCUT2D eigenvalue weighted by Gasteiger charge is 2.27. The van der Waals surface area contributed by atoms with Gasteiger partial charge in [-0.1, -0.05) is 0 Å². The van der Waals surface area contributed by atoms with Crippen LogP contribution in [0.15, 0.2) is 5.38 Å². The van der Waals surface area contributed by atoms with Crippen LogP contribution >= 0.6 is 11.3 Å². The van der Waals surface area contributed by atoms with Gasteiger partial charge >= 0.3 is 0 Å². The van der Waals surface area contributed by atoms with Gasteiger partial charge in [-0.05, 0) is 26.8 Å². The molecule has 3 heterocycles. The van der Waals surface area contributed by atoms with E-state index in [1.54, 1.807) is 11.3 Å². The lowest BCUT2D eigenvalue weighted by Gasteiger charge is -2.25. The maximum absolute atomic E-state index is 9.70. The first-order valence-corrected chi connectivity index (χ1v) is 7.87. The van der Waals surface area contributed by atoms with Crippen LogP contribution in [0.2, 0.25) is 0 Å². The normalized spacial score (nSPS) is 18.9. The Hall–Kier alpha value is -1.42. The third-order valence-electron chi connectivity index (χ3n) is 3.87. The van der Waals surface area contributed by atoms with Crippen molar-refractivity contribution in [1.82, 2.24) is 19.6 Å². The van der Waals surface area contributed by atoms with E-state index in [1.165, 1.54) is 0 Å². The van der Waals surface area contributed by atoms with E-state index in [0.29, 0.717) is 0 Å². The average Bonchev–Trinajstić information content (AvgIpc) is 2.82. The molecule has 1 atom stereocenters. The number of nitrogens with one attached hydrogen (secondary N) is 1. The van der Waals surface area contributed by atoms with Crippen LogP contribution in [0.4, 0.5) is 0 Å². The Morgan fingerprint density at radius 1 is 1.40 bits per heavy atom. The fraction of sp³-hybridized carbons (Fsp3) is 0.571. The minimum absolute atomic E-state index is 0.210. The summed E-state index contributed by atoms with van der Waals surface area (Å²) in [6, 6.07) is 2.28. The van der Waals surface area contributed by atoms with E-state index in [1.807, 2.05) is 6.92 Å². The second-order valence-electron chi connectivity index (χ2n) is 5.25. The Bertz CT molecular complexity index is 642. The van der Waals surface area contributed by atoms with E-state index < -0.39 is 0 Å². The predicted molar refractivity (Wildman–Crippen MR) is 80.0 cm³/mol. The highest BCUT2D eigenvalue weighted by atomic mass is 32.1. The molecule has 0 saturated carbocycles. The monoisotopic (exact) mass is 289 g/mol. The van der Waals surface area contributed by atoms with Gasteiger partial charge in [0.25, 0.3) is 0 Å². The summed E-state index contributed by atoms with van der Waals surface area (Å²) in [6.07, 6.45) is 1.09. The second kappa shape index (κ2) is 5.52. The lowest BCUT2D eigenvalue weighted by molar-refractivity contribution is 0.247. The lowest BCUT2D eigenvalue weighted by Crippen LogP contribution is -2.32. The number of imidazole rings is 1. The fourth-order valence-electron chi connectivity index (χ4n) is 2.89. The molecular formula is C14H19N5S. The van der Waals surface area contributed by atoms with Crippen LogP contribution in [0.25, 0.3) is 4.96 Å². The molecule has 1 N–H and O–H groups in total.